The van der Waals surface area contributed by atoms with Gasteiger partial charge >= 0.3 is 0 Å². The third-order valence-corrected chi connectivity index (χ3v) is 4.19. The molecule has 0 atom stereocenters. The average Bonchev–Trinajstić information content (AvgIpc) is 3.20. The summed E-state index contributed by atoms with van der Waals surface area (Å²) in [7, 11) is 0. The van der Waals surface area contributed by atoms with Crippen molar-refractivity contribution >= 4 is 34.3 Å². The van der Waals surface area contributed by atoms with Gasteiger partial charge in [-0.2, -0.15) is 5.10 Å². The number of carbonyl (C=O) groups excluding carboxylic acids is 1. The van der Waals surface area contributed by atoms with Crippen LogP contribution < -0.4 is 5.32 Å². The van der Waals surface area contributed by atoms with E-state index in [1.54, 1.807) is 29.1 Å². The molecule has 0 aliphatic carbocycles. The minimum absolute atomic E-state index is 0.290. The van der Waals surface area contributed by atoms with Gasteiger partial charge in [0.15, 0.2) is 11.6 Å². The lowest BCUT2D eigenvalue weighted by Gasteiger charge is -2.02. The molecular weight excluding hydrogens is 338 g/mol. The largest absolute Gasteiger partial charge is 0.451 e. The molecular formula is C19H14ClN3O2. The number of nitrogens with one attached hydrogen (secondary N) is 1. The lowest BCUT2D eigenvalue weighted by atomic mass is 10.1. The number of hydrogen-bond donors (Lipinski definition) is 1. The number of para-hydroxylation sites is 1. The fourth-order valence-electron chi connectivity index (χ4n) is 2.72. The van der Waals surface area contributed by atoms with E-state index in [1.807, 2.05) is 43.3 Å². The highest BCUT2D eigenvalue weighted by atomic mass is 35.5. The van der Waals surface area contributed by atoms with Crippen molar-refractivity contribution in [1.29, 1.82) is 0 Å². The summed E-state index contributed by atoms with van der Waals surface area (Å²) in [6.45, 7) is 1.87. The molecule has 0 aliphatic rings. The molecule has 2 heterocycles. The molecule has 2 aromatic heterocycles. The number of aromatic nitrogens is 2. The zero-order valence-electron chi connectivity index (χ0n) is 13.4. The minimum atomic E-state index is -0.329. The van der Waals surface area contributed by atoms with Crippen molar-refractivity contribution in [1.82, 2.24) is 9.78 Å². The number of halogens is 1. The van der Waals surface area contributed by atoms with Crippen molar-refractivity contribution in [3.63, 3.8) is 0 Å². The summed E-state index contributed by atoms with van der Waals surface area (Å²) in [6.07, 6.45) is 1.76. The van der Waals surface area contributed by atoms with Crippen LogP contribution in [0.2, 0.25) is 5.02 Å². The van der Waals surface area contributed by atoms with E-state index in [4.69, 9.17) is 16.0 Å². The van der Waals surface area contributed by atoms with Crippen LogP contribution in [-0.4, -0.2) is 15.7 Å². The molecule has 0 aliphatic heterocycles. The Morgan fingerprint density at radius 3 is 2.80 bits per heavy atom. The molecule has 4 rings (SSSR count). The summed E-state index contributed by atoms with van der Waals surface area (Å²) in [5, 5.41) is 8.67. The number of benzene rings is 2. The Hall–Kier alpha value is -3.05. The molecule has 0 saturated carbocycles. The summed E-state index contributed by atoms with van der Waals surface area (Å²) in [5.41, 5.74) is 2.31. The van der Waals surface area contributed by atoms with Crippen molar-refractivity contribution in [2.75, 3.05) is 5.32 Å². The number of furan rings is 1. The fraction of sp³-hybridized carbons (Fsp3) is 0.0526. The van der Waals surface area contributed by atoms with Gasteiger partial charge in [-0.3, -0.25) is 4.79 Å². The van der Waals surface area contributed by atoms with E-state index in [-0.39, 0.29) is 5.91 Å². The summed E-state index contributed by atoms with van der Waals surface area (Å²) >= 11 is 6.00. The monoisotopic (exact) mass is 351 g/mol. The highest BCUT2D eigenvalue weighted by Crippen LogP contribution is 2.25. The molecule has 6 heteroatoms. The van der Waals surface area contributed by atoms with Crippen LogP contribution in [0, 0.1) is 6.92 Å². The van der Waals surface area contributed by atoms with Gasteiger partial charge in [0.1, 0.15) is 5.58 Å². The van der Waals surface area contributed by atoms with Gasteiger partial charge in [-0.15, -0.1) is 0 Å². The predicted octanol–water partition coefficient (Wildman–Crippen LogP) is 4.83. The quantitative estimate of drug-likeness (QED) is 0.575. The van der Waals surface area contributed by atoms with E-state index in [1.165, 1.54) is 0 Å². The Morgan fingerprint density at radius 1 is 1.16 bits per heavy atom. The second-order valence-electron chi connectivity index (χ2n) is 5.63. The minimum Gasteiger partial charge on any atom is -0.451 e. The predicted molar refractivity (Wildman–Crippen MR) is 97.5 cm³/mol. The van der Waals surface area contributed by atoms with Gasteiger partial charge in [0, 0.05) is 28.2 Å². The summed E-state index contributed by atoms with van der Waals surface area (Å²) in [6, 6.07) is 16.6. The van der Waals surface area contributed by atoms with E-state index >= 15 is 0 Å². The third kappa shape index (κ3) is 2.90. The fourth-order valence-corrected chi connectivity index (χ4v) is 2.90. The molecule has 2 aromatic carbocycles. The maximum atomic E-state index is 12.5. The van der Waals surface area contributed by atoms with Crippen LogP contribution in [0.5, 0.6) is 0 Å². The number of hydrogen-bond acceptors (Lipinski definition) is 3. The molecule has 124 valence electrons. The highest BCUT2D eigenvalue weighted by Gasteiger charge is 2.18. The first-order valence-corrected chi connectivity index (χ1v) is 8.11. The van der Waals surface area contributed by atoms with E-state index in [0.717, 1.165) is 16.6 Å². The molecule has 0 fully saturated rings. The zero-order chi connectivity index (χ0) is 17.4. The van der Waals surface area contributed by atoms with Gasteiger partial charge < -0.3 is 9.73 Å². The van der Waals surface area contributed by atoms with E-state index < -0.39 is 0 Å². The molecule has 0 radical (unpaired) electrons. The van der Waals surface area contributed by atoms with Gasteiger partial charge in [0.05, 0.1) is 5.69 Å². The van der Waals surface area contributed by atoms with Crippen LogP contribution in [0.3, 0.4) is 0 Å². The van der Waals surface area contributed by atoms with E-state index in [0.29, 0.717) is 22.2 Å². The van der Waals surface area contributed by atoms with Crippen molar-refractivity contribution in [3.05, 3.63) is 77.1 Å². The van der Waals surface area contributed by atoms with Gasteiger partial charge in [-0.05, 0) is 31.2 Å². The normalized spacial score (nSPS) is 11.0. The summed E-state index contributed by atoms with van der Waals surface area (Å²) in [5.74, 6) is 0.397. The number of amides is 1. The lowest BCUT2D eigenvalue weighted by molar-refractivity contribution is 0.0997. The standard InChI is InChI=1S/C19H14ClN3O2/c1-12-15-7-2-3-8-16(15)25-18(12)19(24)21-17-9-10-23(22-17)14-6-4-5-13(20)11-14/h2-11H,1H3,(H,21,22,24). The maximum absolute atomic E-state index is 12.5. The van der Waals surface area contributed by atoms with Crippen molar-refractivity contribution in [3.8, 4) is 5.69 Å². The molecule has 0 unspecified atom stereocenters. The SMILES string of the molecule is Cc1c(C(=O)Nc2ccn(-c3cccc(Cl)c3)n2)oc2ccccc12. The number of carbonyl (C=O) groups is 1. The first-order chi connectivity index (χ1) is 12.1. The first kappa shape index (κ1) is 15.5. The Morgan fingerprint density at radius 2 is 2.00 bits per heavy atom. The van der Waals surface area contributed by atoms with E-state index in [2.05, 4.69) is 10.4 Å². The first-order valence-electron chi connectivity index (χ1n) is 7.73. The maximum Gasteiger partial charge on any atom is 0.292 e. The summed E-state index contributed by atoms with van der Waals surface area (Å²) in [4.78, 5) is 12.5. The van der Waals surface area contributed by atoms with Crippen LogP contribution in [0.4, 0.5) is 5.82 Å². The number of rotatable bonds is 3. The Labute approximate surface area is 148 Å². The number of anilines is 1. The van der Waals surface area contributed by atoms with Crippen LogP contribution in [0.25, 0.3) is 16.7 Å². The molecule has 1 N–H and O–H groups in total. The van der Waals surface area contributed by atoms with Crippen molar-refractivity contribution in [2.45, 2.75) is 6.92 Å². The number of nitrogens with zero attached hydrogens (tertiary/aromatic N) is 2. The smallest absolute Gasteiger partial charge is 0.292 e. The van der Waals surface area contributed by atoms with E-state index in [9.17, 15) is 4.79 Å². The van der Waals surface area contributed by atoms with Crippen LogP contribution in [0.1, 0.15) is 16.1 Å². The molecule has 1 amide bonds. The Balaban J connectivity index is 1.60. The average molecular weight is 352 g/mol. The lowest BCUT2D eigenvalue weighted by Crippen LogP contribution is -2.12. The van der Waals surface area contributed by atoms with Gasteiger partial charge in [-0.25, -0.2) is 4.68 Å². The molecule has 25 heavy (non-hydrogen) atoms. The number of fused-ring (bicyclic) bond motifs is 1. The van der Waals surface area contributed by atoms with Crippen LogP contribution in [0.15, 0.2) is 65.2 Å². The summed E-state index contributed by atoms with van der Waals surface area (Å²) < 4.78 is 7.32. The zero-order valence-corrected chi connectivity index (χ0v) is 14.1. The van der Waals surface area contributed by atoms with Gasteiger partial charge in [0.25, 0.3) is 5.91 Å². The second kappa shape index (κ2) is 6.11. The highest BCUT2D eigenvalue weighted by molar-refractivity contribution is 6.30. The molecule has 5 nitrogen and oxygen atoms in total. The Kier molecular flexibility index (Phi) is 3.78. The Bertz CT molecular complexity index is 1080. The van der Waals surface area contributed by atoms with Crippen molar-refractivity contribution in [2.24, 2.45) is 0 Å². The van der Waals surface area contributed by atoms with Gasteiger partial charge in [-0.1, -0.05) is 35.9 Å². The van der Waals surface area contributed by atoms with Crippen molar-refractivity contribution < 1.29 is 9.21 Å². The molecule has 4 aromatic rings. The molecule has 0 spiro atoms. The topological polar surface area (TPSA) is 60.1 Å². The molecule has 0 bridgehead atoms. The van der Waals surface area contributed by atoms with Crippen LogP contribution in [-0.2, 0) is 0 Å². The molecule has 0 saturated heterocycles. The van der Waals surface area contributed by atoms with Crippen LogP contribution >= 0.6 is 11.6 Å². The number of aryl methyl sites for hydroxylation is 1. The third-order valence-electron chi connectivity index (χ3n) is 3.95. The second-order valence-corrected chi connectivity index (χ2v) is 6.07. The van der Waals surface area contributed by atoms with Gasteiger partial charge in [0.2, 0.25) is 0 Å².